The molecule has 1 aromatic carbocycles. The fourth-order valence-corrected chi connectivity index (χ4v) is 3.28. The van der Waals surface area contributed by atoms with Crippen LogP contribution < -0.4 is 5.32 Å². The van der Waals surface area contributed by atoms with Gasteiger partial charge in [-0.15, -0.1) is 0 Å². The molecule has 0 bridgehead atoms. The largest absolute Gasteiger partial charge is 0.344 e. The van der Waals surface area contributed by atoms with Gasteiger partial charge in [-0.25, -0.2) is 4.98 Å². The SMILES string of the molecule is N#C/C(=C\c1cccc(Br)n1)C(=O)N[C@@H](c1ccccc1)C1CCC1. The average Bonchev–Trinajstić information content (AvgIpc) is 2.58. The summed E-state index contributed by atoms with van der Waals surface area (Å²) in [4.78, 5) is 16.9. The van der Waals surface area contributed by atoms with Gasteiger partial charge in [0.05, 0.1) is 11.7 Å². The Balaban J connectivity index is 1.81. The molecule has 0 aliphatic heterocycles. The van der Waals surface area contributed by atoms with Gasteiger partial charge in [0.2, 0.25) is 0 Å². The van der Waals surface area contributed by atoms with Gasteiger partial charge in [-0.2, -0.15) is 5.26 Å². The highest BCUT2D eigenvalue weighted by Gasteiger charge is 2.30. The first-order valence-corrected chi connectivity index (χ1v) is 9.07. The second kappa shape index (κ2) is 8.09. The van der Waals surface area contributed by atoms with Crippen LogP contribution in [0.1, 0.15) is 36.6 Å². The molecule has 1 heterocycles. The predicted octanol–water partition coefficient (Wildman–Crippen LogP) is 4.41. The van der Waals surface area contributed by atoms with Crippen molar-refractivity contribution >= 4 is 27.9 Å². The lowest BCUT2D eigenvalue weighted by atomic mass is 9.77. The van der Waals surface area contributed by atoms with Crippen LogP contribution >= 0.6 is 15.9 Å². The Morgan fingerprint density at radius 1 is 1.24 bits per heavy atom. The zero-order valence-corrected chi connectivity index (χ0v) is 15.2. The topological polar surface area (TPSA) is 65.8 Å². The Labute approximate surface area is 155 Å². The van der Waals surface area contributed by atoms with Crippen molar-refractivity contribution in [1.82, 2.24) is 10.3 Å². The summed E-state index contributed by atoms with van der Waals surface area (Å²) in [5, 5.41) is 12.5. The Hall–Kier alpha value is -2.45. The van der Waals surface area contributed by atoms with Gasteiger partial charge in [-0.3, -0.25) is 4.79 Å². The van der Waals surface area contributed by atoms with Crippen LogP contribution in [0.2, 0.25) is 0 Å². The molecule has 1 amide bonds. The van der Waals surface area contributed by atoms with Crippen molar-refractivity contribution in [2.24, 2.45) is 5.92 Å². The number of rotatable bonds is 5. The number of carbonyl (C=O) groups is 1. The maximum atomic E-state index is 12.7. The molecule has 1 aliphatic rings. The van der Waals surface area contributed by atoms with E-state index in [9.17, 15) is 10.1 Å². The molecule has 1 aliphatic carbocycles. The fourth-order valence-electron chi connectivity index (χ4n) is 2.93. The first-order valence-electron chi connectivity index (χ1n) is 8.27. The lowest BCUT2D eigenvalue weighted by Gasteiger charge is -2.34. The zero-order chi connectivity index (χ0) is 17.6. The Morgan fingerprint density at radius 3 is 2.60 bits per heavy atom. The van der Waals surface area contributed by atoms with Gasteiger partial charge >= 0.3 is 0 Å². The number of carbonyl (C=O) groups excluding carboxylic acids is 1. The molecular formula is C20H18BrN3O. The summed E-state index contributed by atoms with van der Waals surface area (Å²) in [6.45, 7) is 0. The minimum atomic E-state index is -0.356. The highest BCUT2D eigenvalue weighted by molar-refractivity contribution is 9.10. The summed E-state index contributed by atoms with van der Waals surface area (Å²) in [6.07, 6.45) is 4.90. The molecule has 0 spiro atoms. The van der Waals surface area contributed by atoms with Crippen LogP contribution in [-0.2, 0) is 4.79 Å². The van der Waals surface area contributed by atoms with Crippen molar-refractivity contribution in [2.45, 2.75) is 25.3 Å². The molecular weight excluding hydrogens is 378 g/mol. The zero-order valence-electron chi connectivity index (χ0n) is 13.7. The van der Waals surface area contributed by atoms with Gasteiger partial charge in [-0.1, -0.05) is 42.8 Å². The molecule has 3 rings (SSSR count). The van der Waals surface area contributed by atoms with Gasteiger partial charge in [-0.05, 0) is 58.5 Å². The lowest BCUT2D eigenvalue weighted by molar-refractivity contribution is -0.118. The average molecular weight is 396 g/mol. The maximum absolute atomic E-state index is 12.7. The Bertz CT molecular complexity index is 822. The van der Waals surface area contributed by atoms with E-state index in [4.69, 9.17) is 0 Å². The Kier molecular flexibility index (Phi) is 5.62. The minimum Gasteiger partial charge on any atom is -0.344 e. The van der Waals surface area contributed by atoms with E-state index in [0.717, 1.165) is 18.4 Å². The van der Waals surface area contributed by atoms with E-state index < -0.39 is 0 Å². The van der Waals surface area contributed by atoms with Crippen LogP contribution in [0.15, 0.2) is 58.7 Å². The van der Waals surface area contributed by atoms with Crippen molar-refractivity contribution in [1.29, 1.82) is 5.26 Å². The number of hydrogen-bond donors (Lipinski definition) is 1. The quantitative estimate of drug-likeness (QED) is 0.463. The third kappa shape index (κ3) is 4.34. The van der Waals surface area contributed by atoms with Crippen molar-refractivity contribution in [3.05, 3.63) is 70.0 Å². The van der Waals surface area contributed by atoms with E-state index in [2.05, 4.69) is 26.2 Å². The van der Waals surface area contributed by atoms with Gasteiger partial charge in [0.25, 0.3) is 5.91 Å². The van der Waals surface area contributed by atoms with E-state index >= 15 is 0 Å². The van der Waals surface area contributed by atoms with Gasteiger partial charge in [0.15, 0.2) is 0 Å². The van der Waals surface area contributed by atoms with Crippen molar-refractivity contribution in [2.75, 3.05) is 0 Å². The normalized spacial score (nSPS) is 15.8. The fraction of sp³-hybridized carbons (Fsp3) is 0.250. The molecule has 5 heteroatoms. The smallest absolute Gasteiger partial charge is 0.262 e. The second-order valence-electron chi connectivity index (χ2n) is 6.11. The maximum Gasteiger partial charge on any atom is 0.262 e. The number of halogens is 1. The van der Waals surface area contributed by atoms with E-state index in [-0.39, 0.29) is 17.5 Å². The highest BCUT2D eigenvalue weighted by atomic mass is 79.9. The number of nitriles is 1. The molecule has 1 N–H and O–H groups in total. The van der Waals surface area contributed by atoms with E-state index in [1.807, 2.05) is 42.5 Å². The summed E-state index contributed by atoms with van der Waals surface area (Å²) in [7, 11) is 0. The molecule has 0 saturated heterocycles. The van der Waals surface area contributed by atoms with E-state index in [1.54, 1.807) is 12.1 Å². The van der Waals surface area contributed by atoms with Crippen LogP contribution in [0, 0.1) is 17.2 Å². The molecule has 1 saturated carbocycles. The van der Waals surface area contributed by atoms with Crippen molar-refractivity contribution in [3.8, 4) is 6.07 Å². The number of aromatic nitrogens is 1. The summed E-state index contributed by atoms with van der Waals surface area (Å²) in [6, 6.07) is 17.3. The number of pyridine rings is 1. The van der Waals surface area contributed by atoms with E-state index in [1.165, 1.54) is 12.5 Å². The standard InChI is InChI=1S/C20H18BrN3O/c21-18-11-5-10-17(23-18)12-16(13-22)20(25)24-19(15-8-4-9-15)14-6-2-1-3-7-14/h1-3,5-7,10-12,15,19H,4,8-9H2,(H,24,25)/b16-12+/t19-/m0/s1. The summed E-state index contributed by atoms with van der Waals surface area (Å²) in [5.74, 6) is 0.0697. The number of nitrogens with one attached hydrogen (secondary N) is 1. The van der Waals surface area contributed by atoms with Crippen LogP contribution in [0.3, 0.4) is 0 Å². The molecule has 1 fully saturated rings. The first-order chi connectivity index (χ1) is 12.2. The molecule has 25 heavy (non-hydrogen) atoms. The monoisotopic (exact) mass is 395 g/mol. The number of hydrogen-bond acceptors (Lipinski definition) is 3. The molecule has 4 nitrogen and oxygen atoms in total. The highest BCUT2D eigenvalue weighted by Crippen LogP contribution is 2.37. The summed E-state index contributed by atoms with van der Waals surface area (Å²) >= 11 is 3.29. The van der Waals surface area contributed by atoms with Crippen LogP contribution in [0.4, 0.5) is 0 Å². The van der Waals surface area contributed by atoms with Crippen LogP contribution in [0.25, 0.3) is 6.08 Å². The second-order valence-corrected chi connectivity index (χ2v) is 6.92. The molecule has 0 radical (unpaired) electrons. The minimum absolute atomic E-state index is 0.0605. The predicted molar refractivity (Wildman–Crippen MR) is 100 cm³/mol. The molecule has 126 valence electrons. The van der Waals surface area contributed by atoms with Gasteiger partial charge < -0.3 is 5.32 Å². The molecule has 1 atom stereocenters. The third-order valence-electron chi connectivity index (χ3n) is 4.46. The Morgan fingerprint density at radius 2 is 2.00 bits per heavy atom. The van der Waals surface area contributed by atoms with Crippen LogP contribution in [0.5, 0.6) is 0 Å². The number of amides is 1. The molecule has 1 aromatic heterocycles. The van der Waals surface area contributed by atoms with Crippen LogP contribution in [-0.4, -0.2) is 10.9 Å². The third-order valence-corrected chi connectivity index (χ3v) is 4.90. The summed E-state index contributed by atoms with van der Waals surface area (Å²) in [5.41, 5.74) is 1.71. The van der Waals surface area contributed by atoms with E-state index in [0.29, 0.717) is 16.2 Å². The lowest BCUT2D eigenvalue weighted by Crippen LogP contribution is -2.36. The van der Waals surface area contributed by atoms with Crippen molar-refractivity contribution < 1.29 is 4.79 Å². The van der Waals surface area contributed by atoms with Gasteiger partial charge in [0.1, 0.15) is 16.2 Å². The molecule has 0 unspecified atom stereocenters. The number of benzene rings is 1. The molecule has 2 aromatic rings. The first kappa shape index (κ1) is 17.4. The summed E-state index contributed by atoms with van der Waals surface area (Å²) < 4.78 is 0.663. The van der Waals surface area contributed by atoms with Crippen molar-refractivity contribution in [3.63, 3.8) is 0 Å². The number of nitrogens with zero attached hydrogens (tertiary/aromatic N) is 2. The van der Waals surface area contributed by atoms with Gasteiger partial charge in [0, 0.05) is 0 Å².